The molecular weight excluding hydrogens is 304 g/mol. The molecule has 1 fully saturated rings. The molecule has 5 nitrogen and oxygen atoms in total. The fraction of sp³-hybridized carbons (Fsp3) is 0.750. The van der Waals surface area contributed by atoms with Gasteiger partial charge < -0.3 is 9.74 Å². The van der Waals surface area contributed by atoms with Gasteiger partial charge in [0.1, 0.15) is 0 Å². The molecule has 0 N–H and O–H groups in total. The van der Waals surface area contributed by atoms with Gasteiger partial charge in [-0.2, -0.15) is 0 Å². The summed E-state index contributed by atoms with van der Waals surface area (Å²) in [5, 5.41) is 1.61. The SMILES string of the molecule is CCCCCCC/C=C/C(=O)N1CCN(OC(C)=O)CC1.Cl. The summed E-state index contributed by atoms with van der Waals surface area (Å²) in [7, 11) is 0. The van der Waals surface area contributed by atoms with E-state index in [0.717, 1.165) is 12.8 Å². The Morgan fingerprint density at radius 2 is 1.68 bits per heavy atom. The molecule has 0 bridgehead atoms. The van der Waals surface area contributed by atoms with E-state index in [1.54, 1.807) is 16.0 Å². The van der Waals surface area contributed by atoms with Gasteiger partial charge in [-0.15, -0.1) is 17.5 Å². The highest BCUT2D eigenvalue weighted by Gasteiger charge is 2.21. The summed E-state index contributed by atoms with van der Waals surface area (Å²) in [4.78, 5) is 29.6. The molecule has 1 amide bonds. The second kappa shape index (κ2) is 12.5. The van der Waals surface area contributed by atoms with Crippen molar-refractivity contribution in [3.63, 3.8) is 0 Å². The van der Waals surface area contributed by atoms with Crippen LogP contribution in [0, 0.1) is 0 Å². The van der Waals surface area contributed by atoms with E-state index >= 15 is 0 Å². The molecule has 0 radical (unpaired) electrons. The van der Waals surface area contributed by atoms with Gasteiger partial charge in [0, 0.05) is 20.0 Å². The predicted molar refractivity (Wildman–Crippen MR) is 89.7 cm³/mol. The van der Waals surface area contributed by atoms with Crippen molar-refractivity contribution in [1.29, 1.82) is 0 Å². The summed E-state index contributed by atoms with van der Waals surface area (Å²) < 4.78 is 0. The van der Waals surface area contributed by atoms with Gasteiger partial charge in [-0.25, -0.2) is 0 Å². The lowest BCUT2D eigenvalue weighted by atomic mass is 10.1. The highest BCUT2D eigenvalue weighted by Crippen LogP contribution is 2.07. The number of nitrogens with zero attached hydrogens (tertiary/aromatic N) is 2. The van der Waals surface area contributed by atoms with Crippen LogP contribution in [0.2, 0.25) is 0 Å². The number of carbonyl (C=O) groups excluding carboxylic acids is 2. The molecule has 0 aromatic rings. The fourth-order valence-electron chi connectivity index (χ4n) is 2.34. The van der Waals surface area contributed by atoms with Gasteiger partial charge in [-0.3, -0.25) is 9.59 Å². The molecule has 0 atom stereocenters. The number of hydrogen-bond acceptors (Lipinski definition) is 4. The number of piperazine rings is 1. The summed E-state index contributed by atoms with van der Waals surface area (Å²) >= 11 is 0. The average molecular weight is 333 g/mol. The minimum Gasteiger partial charge on any atom is -0.368 e. The number of allylic oxidation sites excluding steroid dienone is 1. The molecule has 1 saturated heterocycles. The maximum Gasteiger partial charge on any atom is 0.322 e. The Balaban J connectivity index is 0.00000441. The first-order valence-corrected chi connectivity index (χ1v) is 8.02. The fourth-order valence-corrected chi connectivity index (χ4v) is 2.34. The molecule has 0 aromatic heterocycles. The van der Waals surface area contributed by atoms with Crippen LogP contribution in [0.25, 0.3) is 0 Å². The van der Waals surface area contributed by atoms with Crippen molar-refractivity contribution in [3.05, 3.63) is 12.2 Å². The molecule has 0 saturated carbocycles. The maximum atomic E-state index is 12.0. The molecule has 0 spiro atoms. The van der Waals surface area contributed by atoms with Crippen molar-refractivity contribution in [2.45, 2.75) is 52.4 Å². The van der Waals surface area contributed by atoms with E-state index in [9.17, 15) is 9.59 Å². The summed E-state index contributed by atoms with van der Waals surface area (Å²) in [6, 6.07) is 0. The normalized spacial score (nSPS) is 15.6. The molecule has 0 aromatic carbocycles. The van der Waals surface area contributed by atoms with E-state index in [1.807, 2.05) is 6.08 Å². The van der Waals surface area contributed by atoms with Gasteiger partial charge in [0.25, 0.3) is 0 Å². The van der Waals surface area contributed by atoms with Gasteiger partial charge in [-0.05, 0) is 18.9 Å². The number of carbonyl (C=O) groups is 2. The summed E-state index contributed by atoms with van der Waals surface area (Å²) in [6.07, 6.45) is 10.9. The molecule has 1 heterocycles. The van der Waals surface area contributed by atoms with Crippen LogP contribution in [0.15, 0.2) is 12.2 Å². The van der Waals surface area contributed by atoms with E-state index in [0.29, 0.717) is 26.2 Å². The summed E-state index contributed by atoms with van der Waals surface area (Å²) in [5.41, 5.74) is 0. The average Bonchev–Trinajstić information content (AvgIpc) is 2.46. The molecule has 0 aliphatic carbocycles. The highest BCUT2D eigenvalue weighted by atomic mass is 35.5. The number of rotatable bonds is 8. The minimum atomic E-state index is -0.308. The number of hydroxylamine groups is 2. The Morgan fingerprint density at radius 3 is 2.27 bits per heavy atom. The molecular formula is C16H29ClN2O3. The lowest BCUT2D eigenvalue weighted by Gasteiger charge is -2.32. The van der Waals surface area contributed by atoms with E-state index in [-0.39, 0.29) is 24.3 Å². The van der Waals surface area contributed by atoms with Crippen molar-refractivity contribution < 1.29 is 14.4 Å². The second-order valence-corrected chi connectivity index (χ2v) is 5.44. The first-order chi connectivity index (χ1) is 10.1. The van der Waals surface area contributed by atoms with Crippen LogP contribution in [0.4, 0.5) is 0 Å². The molecule has 0 unspecified atom stereocenters. The molecule has 128 valence electrons. The molecule has 1 aliphatic heterocycles. The van der Waals surface area contributed by atoms with Crippen molar-refractivity contribution in [2.24, 2.45) is 0 Å². The first-order valence-electron chi connectivity index (χ1n) is 8.02. The number of hydrogen-bond donors (Lipinski definition) is 0. The largest absolute Gasteiger partial charge is 0.368 e. The van der Waals surface area contributed by atoms with Crippen molar-refractivity contribution in [2.75, 3.05) is 26.2 Å². The van der Waals surface area contributed by atoms with Crippen molar-refractivity contribution in [1.82, 2.24) is 9.96 Å². The predicted octanol–water partition coefficient (Wildman–Crippen LogP) is 2.95. The Hall–Kier alpha value is -1.07. The van der Waals surface area contributed by atoms with E-state index in [1.165, 1.54) is 32.6 Å². The Kier molecular flexibility index (Phi) is 11.9. The first kappa shape index (κ1) is 20.9. The minimum absolute atomic E-state index is 0. The molecule has 1 rings (SSSR count). The van der Waals surface area contributed by atoms with Crippen LogP contribution in [0.1, 0.15) is 52.4 Å². The van der Waals surface area contributed by atoms with Crippen LogP contribution in [-0.2, 0) is 14.4 Å². The monoisotopic (exact) mass is 332 g/mol. The van der Waals surface area contributed by atoms with Crippen LogP contribution in [0.5, 0.6) is 0 Å². The van der Waals surface area contributed by atoms with Crippen molar-refractivity contribution >= 4 is 24.3 Å². The summed E-state index contributed by atoms with van der Waals surface area (Å²) in [6.45, 7) is 5.97. The highest BCUT2D eigenvalue weighted by molar-refractivity contribution is 5.87. The number of unbranched alkanes of at least 4 members (excludes halogenated alkanes) is 5. The number of halogens is 1. The third-order valence-electron chi connectivity index (χ3n) is 3.54. The zero-order valence-corrected chi connectivity index (χ0v) is 14.6. The molecule has 22 heavy (non-hydrogen) atoms. The molecule has 6 heteroatoms. The lowest BCUT2D eigenvalue weighted by molar-refractivity contribution is -0.194. The van der Waals surface area contributed by atoms with E-state index in [4.69, 9.17) is 4.84 Å². The van der Waals surface area contributed by atoms with Gasteiger partial charge in [0.2, 0.25) is 5.91 Å². The van der Waals surface area contributed by atoms with E-state index < -0.39 is 0 Å². The van der Waals surface area contributed by atoms with Crippen molar-refractivity contribution in [3.8, 4) is 0 Å². The quantitative estimate of drug-likeness (QED) is 0.506. The third-order valence-corrected chi connectivity index (χ3v) is 3.54. The Labute approximate surface area is 140 Å². The smallest absolute Gasteiger partial charge is 0.322 e. The zero-order chi connectivity index (χ0) is 15.5. The Morgan fingerprint density at radius 1 is 1.05 bits per heavy atom. The lowest BCUT2D eigenvalue weighted by Crippen LogP contribution is -2.48. The molecule has 1 aliphatic rings. The van der Waals surface area contributed by atoms with Gasteiger partial charge in [0.15, 0.2) is 0 Å². The van der Waals surface area contributed by atoms with Crippen LogP contribution in [0.3, 0.4) is 0 Å². The Bertz CT molecular complexity index is 353. The van der Waals surface area contributed by atoms with Crippen LogP contribution >= 0.6 is 12.4 Å². The van der Waals surface area contributed by atoms with Crippen LogP contribution in [-0.4, -0.2) is 48.0 Å². The van der Waals surface area contributed by atoms with Crippen LogP contribution < -0.4 is 0 Å². The third kappa shape index (κ3) is 9.05. The number of amides is 1. The summed E-state index contributed by atoms with van der Waals surface area (Å²) in [5.74, 6) is -0.247. The maximum absolute atomic E-state index is 12.0. The van der Waals surface area contributed by atoms with Gasteiger partial charge in [-0.1, -0.05) is 38.7 Å². The standard InChI is InChI=1S/C16H28N2O3.ClH/c1-3-4-5-6-7-8-9-10-16(20)17-11-13-18(14-12-17)21-15(2)19;/h9-10H,3-8,11-14H2,1-2H3;1H/b10-9+;. The van der Waals surface area contributed by atoms with Gasteiger partial charge in [0.05, 0.1) is 13.1 Å². The zero-order valence-electron chi connectivity index (χ0n) is 13.8. The van der Waals surface area contributed by atoms with Gasteiger partial charge >= 0.3 is 5.97 Å². The second-order valence-electron chi connectivity index (χ2n) is 5.44. The van der Waals surface area contributed by atoms with E-state index in [2.05, 4.69) is 6.92 Å². The topological polar surface area (TPSA) is 49.9 Å².